The lowest BCUT2D eigenvalue weighted by molar-refractivity contribution is -0.141. The zero-order chi connectivity index (χ0) is 50.6. The van der Waals surface area contributed by atoms with E-state index in [1.807, 2.05) is 0 Å². The van der Waals surface area contributed by atoms with Gasteiger partial charge in [0.1, 0.15) is 36.3 Å². The van der Waals surface area contributed by atoms with Gasteiger partial charge in [0.25, 0.3) is 0 Å². The molecule has 0 aliphatic carbocycles. The summed E-state index contributed by atoms with van der Waals surface area (Å²) in [5.41, 5.74) is 38.6. The highest BCUT2D eigenvalue weighted by atomic mass is 33.1. The van der Waals surface area contributed by atoms with Gasteiger partial charge in [-0.15, -0.1) is 0 Å². The van der Waals surface area contributed by atoms with E-state index in [1.165, 1.54) is 0 Å². The van der Waals surface area contributed by atoms with E-state index in [2.05, 4.69) is 52.5 Å². The second-order valence-corrected chi connectivity index (χ2v) is 17.5. The molecule has 9 amide bonds. The van der Waals surface area contributed by atoms with Crippen LogP contribution in [0.2, 0.25) is 0 Å². The van der Waals surface area contributed by atoms with Crippen molar-refractivity contribution in [2.24, 2.45) is 50.1 Å². The van der Waals surface area contributed by atoms with Gasteiger partial charge in [0.2, 0.25) is 53.2 Å². The highest BCUT2D eigenvalue weighted by Gasteiger charge is 2.35. The van der Waals surface area contributed by atoms with Gasteiger partial charge >= 0.3 is 5.97 Å². The molecule has 0 bridgehead atoms. The third-order valence-corrected chi connectivity index (χ3v) is 11.7. The van der Waals surface area contributed by atoms with Gasteiger partial charge in [-0.25, -0.2) is 4.79 Å². The van der Waals surface area contributed by atoms with Gasteiger partial charge in [-0.2, -0.15) is 0 Å². The number of carbonyl (C=O) groups excluding carboxylic acids is 9. The Labute approximate surface area is 393 Å². The monoisotopic (exact) mass is 991 g/mol. The molecule has 1 heterocycles. The Morgan fingerprint density at radius 1 is 0.627 bits per heavy atom. The van der Waals surface area contributed by atoms with Crippen LogP contribution in [0.25, 0.3) is 0 Å². The molecule has 1 rings (SSSR count). The summed E-state index contributed by atoms with van der Waals surface area (Å²) in [6.45, 7) is -0.148. The standard InChI is InChI=1S/C36H65N17O12S2/c1-17(54)27-33(63)52-19(7-4-10-44-35(40)41)29(59)47-14-26(57)49-23(34(64)65)16-67-66-15-18(38)28(58)46-13-25(56)48-22(12-24(39)55)32(62)51-20(6-2-3-9-37)30(60)50-21(31(61)53-27)8-5-11-45-36(42)43/h17-23,27,54H,2-16,37-38H2,1H3,(H2,39,55)(H,46,58)(H,47,59)(H,48,56)(H,49,57)(H,50,60)(H,51,62)(H,52,63)(H,53,61)(H,64,65)(H4,40,41,44)(H4,42,43,45)/t17-,18+,19?,20?,21+,22+,23?,27+/m1/s1. The number of guanidine groups is 2. The van der Waals surface area contributed by atoms with Crippen LogP contribution >= 0.6 is 21.6 Å². The van der Waals surface area contributed by atoms with Crippen molar-refractivity contribution in [3.8, 4) is 0 Å². The molecule has 29 nitrogen and oxygen atoms in total. The number of hydrogen-bond donors (Lipinski definition) is 17. The molecule has 1 aliphatic rings. The molecule has 0 aromatic carbocycles. The van der Waals surface area contributed by atoms with Crippen LogP contribution in [0.15, 0.2) is 9.98 Å². The van der Waals surface area contributed by atoms with E-state index < -0.39 is 127 Å². The Balaban J connectivity index is 3.71. The molecule has 24 N–H and O–H groups in total. The van der Waals surface area contributed by atoms with Crippen LogP contribution in [0.4, 0.5) is 0 Å². The van der Waals surface area contributed by atoms with Gasteiger partial charge < -0.3 is 92.9 Å². The van der Waals surface area contributed by atoms with Gasteiger partial charge in [-0.1, -0.05) is 21.6 Å². The van der Waals surface area contributed by atoms with Gasteiger partial charge in [-0.05, 0) is 58.4 Å². The number of nitrogens with two attached hydrogens (primary N) is 7. The zero-order valence-electron chi connectivity index (χ0n) is 37.0. The Hall–Kier alpha value is -6.18. The second-order valence-electron chi connectivity index (χ2n) is 15.0. The number of carbonyl (C=O) groups is 10. The van der Waals surface area contributed by atoms with Crippen LogP contribution in [0, 0.1) is 0 Å². The Morgan fingerprint density at radius 2 is 1.09 bits per heavy atom. The average molecular weight is 992 g/mol. The molecule has 67 heavy (non-hydrogen) atoms. The third kappa shape index (κ3) is 24.8. The van der Waals surface area contributed by atoms with Crippen molar-refractivity contribution in [3.05, 3.63) is 0 Å². The summed E-state index contributed by atoms with van der Waals surface area (Å²) >= 11 is 0. The molecule has 378 valence electrons. The number of amides is 9. The van der Waals surface area contributed by atoms with E-state index in [-0.39, 0.29) is 81.6 Å². The summed E-state index contributed by atoms with van der Waals surface area (Å²) in [6, 6.07) is -10.5. The number of rotatable bonds is 16. The first kappa shape index (κ1) is 58.8. The maximum absolute atomic E-state index is 13.9. The Morgan fingerprint density at radius 3 is 1.60 bits per heavy atom. The summed E-state index contributed by atoms with van der Waals surface area (Å²) < 4.78 is 0. The fourth-order valence-electron chi connectivity index (χ4n) is 5.75. The number of unbranched alkanes of at least 4 members (excludes halogenated alkanes) is 1. The van der Waals surface area contributed by atoms with Gasteiger partial charge in [0.05, 0.1) is 31.7 Å². The Bertz CT molecular complexity index is 1790. The van der Waals surface area contributed by atoms with Crippen LogP contribution in [0.3, 0.4) is 0 Å². The van der Waals surface area contributed by atoms with Gasteiger partial charge in [0.15, 0.2) is 11.9 Å². The molecule has 0 spiro atoms. The first-order valence-corrected chi connectivity index (χ1v) is 23.4. The SMILES string of the molecule is C[C@@H](O)[C@@H]1NC(=O)[C@H](CCCN=C(N)N)NC(=O)C(CCCCN)NC(=O)[C@H](CC(N)=O)NC(=O)CNC(=O)[C@@H](N)CSSCC(C(=O)O)NC(=O)CNC(=O)C(CCCN=C(N)N)NC1=O. The first-order valence-electron chi connectivity index (χ1n) is 20.9. The number of aliphatic carboxylic acids is 1. The number of primary amides is 1. The van der Waals surface area contributed by atoms with E-state index in [9.17, 15) is 58.2 Å². The van der Waals surface area contributed by atoms with Crippen molar-refractivity contribution >= 4 is 92.6 Å². The Kier molecular flexibility index (Phi) is 27.8. The van der Waals surface area contributed by atoms with E-state index >= 15 is 0 Å². The maximum atomic E-state index is 13.9. The molecule has 3 unspecified atom stereocenters. The fraction of sp³-hybridized carbons (Fsp3) is 0.667. The van der Waals surface area contributed by atoms with Crippen molar-refractivity contribution in [2.75, 3.05) is 44.2 Å². The quantitative estimate of drug-likeness (QED) is 0.0295. The molecule has 0 aromatic rings. The van der Waals surface area contributed by atoms with Crippen molar-refractivity contribution in [2.45, 2.75) is 107 Å². The van der Waals surface area contributed by atoms with E-state index in [1.54, 1.807) is 0 Å². The van der Waals surface area contributed by atoms with Crippen LogP contribution in [-0.4, -0.2) is 174 Å². The van der Waals surface area contributed by atoms with Crippen molar-refractivity contribution in [1.82, 2.24) is 42.5 Å². The summed E-state index contributed by atoms with van der Waals surface area (Å²) in [7, 11) is 1.90. The number of aliphatic hydroxyl groups excluding tert-OH is 1. The summed E-state index contributed by atoms with van der Waals surface area (Å²) in [6.07, 6.45) is -1.95. The number of hydrogen-bond acceptors (Lipinski definition) is 17. The smallest absolute Gasteiger partial charge is 0.327 e. The van der Waals surface area contributed by atoms with Crippen molar-refractivity contribution < 1.29 is 58.2 Å². The van der Waals surface area contributed by atoms with E-state index in [0.29, 0.717) is 6.42 Å². The predicted molar refractivity (Wildman–Crippen MR) is 246 cm³/mol. The number of aliphatic imine (C=N–C) groups is 2. The van der Waals surface area contributed by atoms with Gasteiger partial charge in [-0.3, -0.25) is 53.1 Å². The lowest BCUT2D eigenvalue weighted by Gasteiger charge is -2.28. The summed E-state index contributed by atoms with van der Waals surface area (Å²) in [5, 5.41) is 39.3. The van der Waals surface area contributed by atoms with E-state index in [4.69, 9.17) is 40.1 Å². The molecule has 0 aromatic heterocycles. The minimum Gasteiger partial charge on any atom is -0.480 e. The molecule has 31 heteroatoms. The molecular formula is C36H65N17O12S2. The number of nitrogens with one attached hydrogen (secondary N) is 8. The molecule has 0 saturated carbocycles. The van der Waals surface area contributed by atoms with E-state index in [0.717, 1.165) is 28.5 Å². The number of nitrogens with zero attached hydrogens (tertiary/aromatic N) is 2. The lowest BCUT2D eigenvalue weighted by atomic mass is 10.0. The minimum atomic E-state index is -1.78. The second kappa shape index (κ2) is 31.7. The number of carboxylic acids is 1. The van der Waals surface area contributed by atoms with Crippen molar-refractivity contribution in [3.63, 3.8) is 0 Å². The molecular weight excluding hydrogens is 927 g/mol. The number of carboxylic acid groups (broad SMARTS) is 1. The van der Waals surface area contributed by atoms with Crippen LogP contribution in [-0.2, 0) is 47.9 Å². The first-order chi connectivity index (χ1) is 31.5. The lowest BCUT2D eigenvalue weighted by Crippen LogP contribution is -2.61. The normalized spacial score (nSPS) is 24.4. The molecule has 1 fully saturated rings. The molecule has 1 saturated heterocycles. The average Bonchev–Trinajstić information content (AvgIpc) is 3.25. The predicted octanol–water partition coefficient (Wildman–Crippen LogP) is -8.57. The maximum Gasteiger partial charge on any atom is 0.327 e. The van der Waals surface area contributed by atoms with Crippen LogP contribution in [0.5, 0.6) is 0 Å². The largest absolute Gasteiger partial charge is 0.480 e. The third-order valence-electron chi connectivity index (χ3n) is 9.24. The highest BCUT2D eigenvalue weighted by molar-refractivity contribution is 8.76. The molecule has 8 atom stereocenters. The minimum absolute atomic E-state index is 0.0000806. The molecule has 1 aliphatic heterocycles. The van der Waals surface area contributed by atoms with Crippen LogP contribution < -0.4 is 82.7 Å². The molecule has 0 radical (unpaired) electrons. The number of aliphatic hydroxyl groups is 1. The fourth-order valence-corrected chi connectivity index (χ4v) is 8.03. The van der Waals surface area contributed by atoms with Crippen molar-refractivity contribution in [1.29, 1.82) is 0 Å². The zero-order valence-corrected chi connectivity index (χ0v) is 38.6. The summed E-state index contributed by atoms with van der Waals surface area (Å²) in [5.74, 6) is -11.1. The van der Waals surface area contributed by atoms with Gasteiger partial charge in [0, 0.05) is 24.6 Å². The topological polar surface area (TPSA) is 514 Å². The summed E-state index contributed by atoms with van der Waals surface area (Å²) in [4.78, 5) is 139. The highest BCUT2D eigenvalue weighted by Crippen LogP contribution is 2.22. The van der Waals surface area contributed by atoms with Crippen LogP contribution in [0.1, 0.15) is 58.3 Å².